The molecule has 240 valence electrons. The minimum Gasteiger partial charge on any atom is -0.475 e. The van der Waals surface area contributed by atoms with Crippen molar-refractivity contribution in [1.82, 2.24) is 19.9 Å². The molecular formula is C28H33F3N4O8S. The van der Waals surface area contributed by atoms with Crippen molar-refractivity contribution in [2.45, 2.75) is 37.2 Å². The molecule has 16 heteroatoms. The van der Waals surface area contributed by atoms with Gasteiger partial charge in [-0.25, -0.2) is 23.7 Å². The number of hydrogen-bond acceptors (Lipinski definition) is 9. The van der Waals surface area contributed by atoms with Gasteiger partial charge in [0.05, 0.1) is 30.4 Å². The highest BCUT2D eigenvalue weighted by Crippen LogP contribution is 2.24. The van der Waals surface area contributed by atoms with Gasteiger partial charge in [0.15, 0.2) is 14.6 Å². The van der Waals surface area contributed by atoms with Crippen molar-refractivity contribution >= 4 is 32.6 Å². The summed E-state index contributed by atoms with van der Waals surface area (Å²) in [5.74, 6) is -3.80. The monoisotopic (exact) mass is 642 g/mol. The fourth-order valence-corrected chi connectivity index (χ4v) is 5.24. The molecule has 2 heterocycles. The summed E-state index contributed by atoms with van der Waals surface area (Å²) in [5, 5.41) is 16.5. The number of aryl methyl sites for hydroxylation is 1. The Bertz CT molecular complexity index is 1640. The molecule has 0 aliphatic carbocycles. The number of amides is 1. The second kappa shape index (κ2) is 14.3. The lowest BCUT2D eigenvalue weighted by Gasteiger charge is -2.26. The van der Waals surface area contributed by atoms with Crippen molar-refractivity contribution in [3.05, 3.63) is 64.7 Å². The second-order valence-corrected chi connectivity index (χ2v) is 12.8. The van der Waals surface area contributed by atoms with Gasteiger partial charge in [-0.2, -0.15) is 13.2 Å². The summed E-state index contributed by atoms with van der Waals surface area (Å²) in [5.41, 5.74) is 4.80. The summed E-state index contributed by atoms with van der Waals surface area (Å²) >= 11 is 0. The third-order valence-electron chi connectivity index (χ3n) is 7.41. The first kappa shape index (κ1) is 34.6. The van der Waals surface area contributed by atoms with Crippen LogP contribution in [0.1, 0.15) is 18.9 Å². The molecule has 12 nitrogen and oxygen atoms in total. The van der Waals surface area contributed by atoms with E-state index >= 15 is 0 Å². The number of morpholine rings is 1. The second-order valence-electron chi connectivity index (χ2n) is 10.4. The Kier molecular flexibility index (Phi) is 11.2. The molecule has 1 aliphatic rings. The van der Waals surface area contributed by atoms with Crippen LogP contribution in [0.2, 0.25) is 0 Å². The standard InChI is InChI=1S/C26H32N4O6S.C2HF3O2/c1-26(25(32)28-33,37(2,34)35)10-12-30-18-27-23-17-21(7-8-22(23)24(30)31)20-5-3-19(4-6-20)9-11-29-13-15-36-16-14-29;3-2(4,5)1(6)7/h3-8,17-18,33H,9-16H2,1-2H3,(H,28,32);(H,6,7)/t26-;/m1./s1. The molecule has 1 aromatic heterocycles. The van der Waals surface area contributed by atoms with E-state index < -0.39 is 32.6 Å². The summed E-state index contributed by atoms with van der Waals surface area (Å²) in [6.07, 6.45) is -2.05. The predicted molar refractivity (Wildman–Crippen MR) is 154 cm³/mol. The van der Waals surface area contributed by atoms with Crippen molar-refractivity contribution in [2.75, 3.05) is 39.1 Å². The number of ether oxygens (including phenoxy) is 1. The zero-order valence-electron chi connectivity index (χ0n) is 24.0. The smallest absolute Gasteiger partial charge is 0.475 e. The van der Waals surface area contributed by atoms with Crippen molar-refractivity contribution < 1.29 is 46.2 Å². The fraction of sp³-hybridized carbons (Fsp3) is 0.429. The summed E-state index contributed by atoms with van der Waals surface area (Å²) in [6.45, 7) is 5.68. The van der Waals surface area contributed by atoms with Crippen LogP contribution in [0.5, 0.6) is 0 Å². The molecule has 1 aliphatic heterocycles. The number of aliphatic carboxylic acids is 1. The molecule has 0 spiro atoms. The Labute approximate surface area is 251 Å². The number of carbonyl (C=O) groups is 2. The SMILES string of the molecule is C[C@@](CCn1cnc2cc(-c3ccc(CCN4CCOCC4)cc3)ccc2c1=O)(C(=O)NO)S(C)(=O)=O.O=C(O)C(F)(F)F. The Morgan fingerprint density at radius 3 is 2.18 bits per heavy atom. The zero-order chi connectivity index (χ0) is 32.7. The lowest BCUT2D eigenvalue weighted by atomic mass is 10.0. The van der Waals surface area contributed by atoms with E-state index in [1.54, 1.807) is 6.07 Å². The van der Waals surface area contributed by atoms with Gasteiger partial charge >= 0.3 is 12.1 Å². The van der Waals surface area contributed by atoms with Crippen LogP contribution in [0.3, 0.4) is 0 Å². The summed E-state index contributed by atoms with van der Waals surface area (Å²) < 4.78 is 60.9. The number of sulfone groups is 1. The van der Waals surface area contributed by atoms with Gasteiger partial charge in [-0.05, 0) is 48.6 Å². The number of nitrogens with zero attached hydrogens (tertiary/aromatic N) is 3. The van der Waals surface area contributed by atoms with Gasteiger partial charge in [-0.1, -0.05) is 30.3 Å². The molecule has 44 heavy (non-hydrogen) atoms. The Morgan fingerprint density at radius 1 is 1.05 bits per heavy atom. The number of carboxylic acid groups (broad SMARTS) is 1. The van der Waals surface area contributed by atoms with Crippen molar-refractivity contribution in [2.24, 2.45) is 0 Å². The molecule has 0 bridgehead atoms. The fourth-order valence-electron chi connectivity index (χ4n) is 4.39. The minimum absolute atomic E-state index is 0.0631. The first-order valence-electron chi connectivity index (χ1n) is 13.4. The first-order valence-corrected chi connectivity index (χ1v) is 15.3. The summed E-state index contributed by atoms with van der Waals surface area (Å²) in [7, 11) is -3.87. The maximum absolute atomic E-state index is 13.0. The van der Waals surface area contributed by atoms with Crippen LogP contribution < -0.4 is 11.0 Å². The van der Waals surface area contributed by atoms with Gasteiger partial charge in [0.25, 0.3) is 11.5 Å². The van der Waals surface area contributed by atoms with Crippen molar-refractivity contribution in [1.29, 1.82) is 0 Å². The molecule has 3 N–H and O–H groups in total. The molecule has 1 saturated heterocycles. The summed E-state index contributed by atoms with van der Waals surface area (Å²) in [6, 6.07) is 13.8. The topological polar surface area (TPSA) is 168 Å². The predicted octanol–water partition coefficient (Wildman–Crippen LogP) is 2.27. The van der Waals surface area contributed by atoms with Crippen molar-refractivity contribution in [3.63, 3.8) is 0 Å². The lowest BCUT2D eigenvalue weighted by molar-refractivity contribution is -0.192. The van der Waals surface area contributed by atoms with Gasteiger partial charge in [0.2, 0.25) is 0 Å². The number of rotatable bonds is 9. The van der Waals surface area contributed by atoms with E-state index in [9.17, 15) is 31.2 Å². The van der Waals surface area contributed by atoms with Gasteiger partial charge in [0.1, 0.15) is 0 Å². The van der Waals surface area contributed by atoms with E-state index in [-0.39, 0.29) is 18.5 Å². The van der Waals surface area contributed by atoms with Crippen LogP contribution >= 0.6 is 0 Å². The average Bonchev–Trinajstić information content (AvgIpc) is 2.99. The molecule has 1 fully saturated rings. The minimum atomic E-state index is -5.08. The number of carboxylic acids is 1. The van der Waals surface area contributed by atoms with Crippen LogP contribution in [0.15, 0.2) is 53.6 Å². The van der Waals surface area contributed by atoms with Crippen LogP contribution in [0, 0.1) is 0 Å². The number of benzene rings is 2. The molecule has 1 atom stereocenters. The highest BCUT2D eigenvalue weighted by molar-refractivity contribution is 7.92. The number of nitrogens with one attached hydrogen (secondary N) is 1. The molecule has 3 aromatic rings. The Hall–Kier alpha value is -3.86. The Balaban J connectivity index is 0.000000676. The molecule has 2 aromatic carbocycles. The molecule has 1 amide bonds. The maximum atomic E-state index is 13.0. The third-order valence-corrected chi connectivity index (χ3v) is 9.43. The van der Waals surface area contributed by atoms with Crippen LogP contribution in [0.25, 0.3) is 22.0 Å². The highest BCUT2D eigenvalue weighted by Gasteiger charge is 2.43. The molecule has 0 saturated carbocycles. The van der Waals surface area contributed by atoms with Crippen molar-refractivity contribution in [3.8, 4) is 11.1 Å². The lowest BCUT2D eigenvalue weighted by Crippen LogP contribution is -2.50. The van der Waals surface area contributed by atoms with Gasteiger partial charge in [0, 0.05) is 32.4 Å². The number of hydroxylamine groups is 1. The number of alkyl halides is 3. The third kappa shape index (κ3) is 8.62. The van der Waals surface area contributed by atoms with E-state index in [2.05, 4.69) is 34.1 Å². The van der Waals surface area contributed by atoms with Gasteiger partial charge in [-0.3, -0.25) is 24.3 Å². The number of halogens is 3. The van der Waals surface area contributed by atoms with Crippen LogP contribution in [-0.2, 0) is 37.1 Å². The quantitative estimate of drug-likeness (QED) is 0.233. The number of aromatic nitrogens is 2. The molecule has 0 unspecified atom stereocenters. The summed E-state index contributed by atoms with van der Waals surface area (Å²) in [4.78, 5) is 40.8. The molecule has 4 rings (SSSR count). The normalized spacial score (nSPS) is 15.6. The van der Waals surface area contributed by atoms with Crippen LogP contribution in [0.4, 0.5) is 13.2 Å². The number of hydrogen-bond donors (Lipinski definition) is 3. The average molecular weight is 643 g/mol. The van der Waals surface area contributed by atoms with Gasteiger partial charge in [-0.15, -0.1) is 0 Å². The molecule has 0 radical (unpaired) electrons. The van der Waals surface area contributed by atoms with Gasteiger partial charge < -0.3 is 9.84 Å². The van der Waals surface area contributed by atoms with Crippen LogP contribution in [-0.4, -0.2) is 95.1 Å². The number of carbonyl (C=O) groups excluding carboxylic acids is 1. The maximum Gasteiger partial charge on any atom is 0.490 e. The van der Waals surface area contributed by atoms with E-state index in [1.807, 2.05) is 12.1 Å². The van der Waals surface area contributed by atoms with E-state index in [0.717, 1.165) is 56.7 Å². The van der Waals surface area contributed by atoms with E-state index in [1.165, 1.54) is 28.9 Å². The van der Waals surface area contributed by atoms with E-state index in [4.69, 9.17) is 19.8 Å². The zero-order valence-corrected chi connectivity index (χ0v) is 24.8. The largest absolute Gasteiger partial charge is 0.490 e. The first-order chi connectivity index (χ1) is 20.6. The Morgan fingerprint density at radius 2 is 1.64 bits per heavy atom. The number of fused-ring (bicyclic) bond motifs is 1. The molecular weight excluding hydrogens is 609 g/mol. The highest BCUT2D eigenvalue weighted by atomic mass is 32.2. The van der Waals surface area contributed by atoms with E-state index in [0.29, 0.717) is 10.9 Å².